The van der Waals surface area contributed by atoms with E-state index >= 15 is 4.39 Å². The van der Waals surface area contributed by atoms with E-state index in [9.17, 15) is 9.90 Å². The number of aromatic nitrogens is 5. The smallest absolute Gasteiger partial charge is 0.251 e. The van der Waals surface area contributed by atoms with E-state index in [1.807, 2.05) is 19.3 Å². The standard InChI is InChI=1S/C27H25FN6O2/c1-34-14-17(11-31-34)21-10-18-22(13-29-21)32-26-25(18)24(19(28)12-30-26)15-6-8-16(9-7-15)27(36)33-20-4-2-3-5-23(20)35/h6-14,20,23,35H,2-5H2,1H3,(H,30,32)(H,33,36)/t20-,23-/m0/s1. The van der Waals surface area contributed by atoms with Crippen LogP contribution in [-0.2, 0) is 7.05 Å². The predicted molar refractivity (Wildman–Crippen MR) is 135 cm³/mol. The van der Waals surface area contributed by atoms with E-state index < -0.39 is 11.9 Å². The van der Waals surface area contributed by atoms with Gasteiger partial charge in [0, 0.05) is 40.7 Å². The fourth-order valence-electron chi connectivity index (χ4n) is 5.05. The molecular weight excluding hydrogens is 459 g/mol. The third-order valence-electron chi connectivity index (χ3n) is 6.94. The van der Waals surface area contributed by atoms with Gasteiger partial charge >= 0.3 is 0 Å². The number of benzene rings is 1. The van der Waals surface area contributed by atoms with Crippen LogP contribution in [0.2, 0.25) is 0 Å². The molecule has 0 radical (unpaired) electrons. The molecule has 4 heterocycles. The lowest BCUT2D eigenvalue weighted by atomic mass is 9.92. The van der Waals surface area contributed by atoms with Crippen LogP contribution in [0.4, 0.5) is 4.39 Å². The molecule has 0 bridgehead atoms. The highest BCUT2D eigenvalue weighted by Gasteiger charge is 2.25. The van der Waals surface area contributed by atoms with E-state index in [1.54, 1.807) is 41.3 Å². The summed E-state index contributed by atoms with van der Waals surface area (Å²) in [5, 5.41) is 18.8. The van der Waals surface area contributed by atoms with Gasteiger partial charge in [0.1, 0.15) is 11.5 Å². The minimum Gasteiger partial charge on any atom is -0.391 e. The lowest BCUT2D eigenvalue weighted by Crippen LogP contribution is -2.45. The molecule has 1 aliphatic rings. The fraction of sp³-hybridized carbons (Fsp3) is 0.259. The summed E-state index contributed by atoms with van der Waals surface area (Å²) >= 11 is 0. The highest BCUT2D eigenvalue weighted by molar-refractivity contribution is 6.13. The van der Waals surface area contributed by atoms with Gasteiger partial charge in [0.15, 0.2) is 0 Å². The first kappa shape index (κ1) is 22.4. The van der Waals surface area contributed by atoms with Crippen LogP contribution < -0.4 is 5.32 Å². The molecule has 1 amide bonds. The van der Waals surface area contributed by atoms with Crippen LogP contribution in [0.3, 0.4) is 0 Å². The second kappa shape index (κ2) is 8.83. The summed E-state index contributed by atoms with van der Waals surface area (Å²) in [6.45, 7) is 0. The maximum absolute atomic E-state index is 15.2. The number of rotatable bonds is 4. The molecule has 1 aliphatic carbocycles. The Balaban J connectivity index is 1.38. The van der Waals surface area contributed by atoms with Crippen molar-refractivity contribution in [3.63, 3.8) is 0 Å². The number of aryl methyl sites for hydroxylation is 1. The van der Waals surface area contributed by atoms with Gasteiger partial charge in [-0.25, -0.2) is 9.37 Å². The van der Waals surface area contributed by atoms with Gasteiger partial charge in [-0.1, -0.05) is 25.0 Å². The zero-order chi connectivity index (χ0) is 24.8. The van der Waals surface area contributed by atoms with Crippen LogP contribution in [0, 0.1) is 5.82 Å². The van der Waals surface area contributed by atoms with Gasteiger partial charge in [-0.15, -0.1) is 0 Å². The molecule has 2 atom stereocenters. The van der Waals surface area contributed by atoms with E-state index in [2.05, 4.69) is 25.4 Å². The van der Waals surface area contributed by atoms with Gasteiger partial charge in [-0.2, -0.15) is 5.10 Å². The monoisotopic (exact) mass is 484 g/mol. The lowest BCUT2D eigenvalue weighted by Gasteiger charge is -2.28. The van der Waals surface area contributed by atoms with Crippen LogP contribution in [0.15, 0.2) is 55.1 Å². The average molecular weight is 485 g/mol. The van der Waals surface area contributed by atoms with E-state index in [0.717, 1.165) is 41.4 Å². The summed E-state index contributed by atoms with van der Waals surface area (Å²) in [6, 6.07) is 8.52. The van der Waals surface area contributed by atoms with E-state index in [0.29, 0.717) is 34.1 Å². The Morgan fingerprint density at radius 1 is 1.11 bits per heavy atom. The molecule has 0 aliphatic heterocycles. The highest BCUT2D eigenvalue weighted by Crippen LogP contribution is 2.36. The summed E-state index contributed by atoms with van der Waals surface area (Å²) in [6.07, 6.45) is 9.43. The van der Waals surface area contributed by atoms with Crippen molar-refractivity contribution in [2.45, 2.75) is 37.8 Å². The normalized spacial score (nSPS) is 18.1. The van der Waals surface area contributed by atoms with E-state index in [1.165, 1.54) is 6.20 Å². The molecule has 36 heavy (non-hydrogen) atoms. The van der Waals surface area contributed by atoms with Gasteiger partial charge in [0.25, 0.3) is 5.91 Å². The molecule has 4 aromatic heterocycles. The van der Waals surface area contributed by atoms with Gasteiger partial charge in [-0.3, -0.25) is 14.5 Å². The molecule has 0 saturated heterocycles. The first-order valence-corrected chi connectivity index (χ1v) is 12.0. The van der Waals surface area contributed by atoms with Crippen LogP contribution in [0.25, 0.3) is 44.3 Å². The summed E-state index contributed by atoms with van der Waals surface area (Å²) in [5.41, 5.74) is 4.39. The third kappa shape index (κ3) is 3.91. The maximum atomic E-state index is 15.2. The van der Waals surface area contributed by atoms with Crippen molar-refractivity contribution in [1.29, 1.82) is 0 Å². The SMILES string of the molecule is Cn1cc(-c2cc3c(cn2)[nH]c2ncc(F)c(-c4ccc(C(=O)N[C@H]5CCCC[C@@H]5O)cc4)c23)cn1. The molecule has 9 heteroatoms. The molecule has 1 fully saturated rings. The minimum absolute atomic E-state index is 0.239. The van der Waals surface area contributed by atoms with Crippen LogP contribution >= 0.6 is 0 Å². The molecule has 5 aromatic rings. The quantitative estimate of drug-likeness (QED) is 0.351. The summed E-state index contributed by atoms with van der Waals surface area (Å²) in [7, 11) is 1.84. The largest absolute Gasteiger partial charge is 0.391 e. The number of fused-ring (bicyclic) bond motifs is 3. The van der Waals surface area contributed by atoms with Gasteiger partial charge in [-0.05, 0) is 36.6 Å². The molecule has 0 spiro atoms. The zero-order valence-electron chi connectivity index (χ0n) is 19.7. The summed E-state index contributed by atoms with van der Waals surface area (Å²) < 4.78 is 16.9. The van der Waals surface area contributed by atoms with Crippen LogP contribution in [-0.4, -0.2) is 47.9 Å². The number of halogens is 1. The summed E-state index contributed by atoms with van der Waals surface area (Å²) in [5.74, 6) is -0.696. The second-order valence-corrected chi connectivity index (χ2v) is 9.36. The number of hydrogen-bond acceptors (Lipinski definition) is 5. The van der Waals surface area contributed by atoms with Crippen LogP contribution in [0.1, 0.15) is 36.0 Å². The predicted octanol–water partition coefficient (Wildman–Crippen LogP) is 4.35. The second-order valence-electron chi connectivity index (χ2n) is 9.36. The Morgan fingerprint density at radius 2 is 1.92 bits per heavy atom. The van der Waals surface area contributed by atoms with Crippen molar-refractivity contribution in [1.82, 2.24) is 30.0 Å². The highest BCUT2D eigenvalue weighted by atomic mass is 19.1. The number of amides is 1. The first-order chi connectivity index (χ1) is 17.5. The topological polar surface area (TPSA) is 109 Å². The lowest BCUT2D eigenvalue weighted by molar-refractivity contribution is 0.0717. The number of hydrogen-bond donors (Lipinski definition) is 3. The number of carbonyl (C=O) groups is 1. The zero-order valence-corrected chi connectivity index (χ0v) is 19.7. The van der Waals surface area contributed by atoms with Crippen LogP contribution in [0.5, 0.6) is 0 Å². The van der Waals surface area contributed by atoms with E-state index in [-0.39, 0.29) is 11.9 Å². The molecule has 8 nitrogen and oxygen atoms in total. The van der Waals surface area contributed by atoms with Crippen molar-refractivity contribution >= 4 is 27.8 Å². The molecule has 182 valence electrons. The fourth-order valence-corrected chi connectivity index (χ4v) is 5.05. The molecule has 0 unspecified atom stereocenters. The molecule has 3 N–H and O–H groups in total. The molecule has 1 aromatic carbocycles. The number of aromatic amines is 1. The molecular formula is C27H25FN6O2. The Morgan fingerprint density at radius 3 is 2.67 bits per heavy atom. The number of pyridine rings is 2. The molecule has 1 saturated carbocycles. The average Bonchev–Trinajstić information content (AvgIpc) is 3.48. The Kier molecular flexibility index (Phi) is 5.49. The van der Waals surface area contributed by atoms with Crippen molar-refractivity contribution in [3.8, 4) is 22.4 Å². The number of H-pyrrole nitrogens is 1. The van der Waals surface area contributed by atoms with E-state index in [4.69, 9.17) is 0 Å². The number of carbonyl (C=O) groups excluding carboxylic acids is 1. The minimum atomic E-state index is -0.519. The van der Waals surface area contributed by atoms with Crippen molar-refractivity contribution in [2.24, 2.45) is 7.05 Å². The Labute approximate surface area is 206 Å². The van der Waals surface area contributed by atoms with Crippen molar-refractivity contribution in [3.05, 3.63) is 66.5 Å². The Bertz CT molecular complexity index is 1590. The first-order valence-electron chi connectivity index (χ1n) is 12.0. The van der Waals surface area contributed by atoms with Crippen molar-refractivity contribution in [2.75, 3.05) is 0 Å². The third-order valence-corrected chi connectivity index (χ3v) is 6.94. The number of aliphatic hydroxyl groups is 1. The maximum Gasteiger partial charge on any atom is 0.251 e. The number of nitrogens with zero attached hydrogens (tertiary/aromatic N) is 4. The van der Waals surface area contributed by atoms with Gasteiger partial charge in [0.05, 0.1) is 41.9 Å². The number of nitrogens with one attached hydrogen (secondary N) is 2. The Hall–Kier alpha value is -4.11. The van der Waals surface area contributed by atoms with Gasteiger partial charge < -0.3 is 15.4 Å². The van der Waals surface area contributed by atoms with Gasteiger partial charge in [0.2, 0.25) is 0 Å². The van der Waals surface area contributed by atoms with Crippen molar-refractivity contribution < 1.29 is 14.3 Å². The summed E-state index contributed by atoms with van der Waals surface area (Å²) in [4.78, 5) is 24.8. The molecule has 6 rings (SSSR count). The number of aliphatic hydroxyl groups excluding tert-OH is 1.